The molecule has 1 aromatic rings. The van der Waals surface area contributed by atoms with Gasteiger partial charge >= 0.3 is 0 Å². The van der Waals surface area contributed by atoms with Crippen LogP contribution in [-0.4, -0.2) is 43.2 Å². The van der Waals surface area contributed by atoms with E-state index in [2.05, 4.69) is 23.6 Å². The zero-order valence-corrected chi connectivity index (χ0v) is 12.8. The van der Waals surface area contributed by atoms with Crippen LogP contribution in [0.25, 0.3) is 0 Å². The lowest BCUT2D eigenvalue weighted by molar-refractivity contribution is 0.209. The van der Waals surface area contributed by atoms with Gasteiger partial charge in [-0.05, 0) is 38.8 Å². The fraction of sp³-hybridized carbons (Fsp3) is 0.625. The quantitative estimate of drug-likeness (QED) is 0.917. The average molecular weight is 279 g/mol. The lowest BCUT2D eigenvalue weighted by Gasteiger charge is -2.39. The van der Waals surface area contributed by atoms with Crippen molar-refractivity contribution in [2.45, 2.75) is 39.3 Å². The zero-order valence-electron chi connectivity index (χ0n) is 12.8. The van der Waals surface area contributed by atoms with Crippen LogP contribution in [0.1, 0.15) is 26.3 Å². The second-order valence-corrected chi connectivity index (χ2v) is 6.05. The smallest absolute Gasteiger partial charge is 0.146 e. The Balaban J connectivity index is 2.16. The first-order valence-corrected chi connectivity index (χ1v) is 7.51. The van der Waals surface area contributed by atoms with E-state index in [4.69, 9.17) is 5.73 Å². The molecule has 112 valence electrons. The molecule has 0 spiro atoms. The lowest BCUT2D eigenvalue weighted by atomic mass is 10.0. The zero-order chi connectivity index (χ0) is 14.7. The molecular weight excluding hydrogens is 253 g/mol. The predicted octanol–water partition coefficient (Wildman–Crippen LogP) is 2.25. The summed E-state index contributed by atoms with van der Waals surface area (Å²) in [7, 11) is 0. The molecule has 2 rings (SSSR count). The van der Waals surface area contributed by atoms with Crippen LogP contribution in [0.2, 0.25) is 0 Å². The first-order chi connectivity index (χ1) is 9.49. The topological polar surface area (TPSA) is 32.5 Å². The van der Waals surface area contributed by atoms with Gasteiger partial charge in [0.15, 0.2) is 0 Å². The van der Waals surface area contributed by atoms with Gasteiger partial charge in [-0.15, -0.1) is 0 Å². The molecule has 0 amide bonds. The predicted molar refractivity (Wildman–Crippen MR) is 82.7 cm³/mol. The van der Waals surface area contributed by atoms with Crippen LogP contribution in [-0.2, 0) is 6.42 Å². The number of rotatable bonds is 4. The number of halogens is 1. The normalized spacial score (nSPS) is 18.6. The number of piperazine rings is 1. The Kier molecular flexibility index (Phi) is 5.00. The Morgan fingerprint density at radius 2 is 1.80 bits per heavy atom. The number of hydrogen-bond acceptors (Lipinski definition) is 3. The summed E-state index contributed by atoms with van der Waals surface area (Å²) in [5.74, 6) is -0.124. The highest BCUT2D eigenvalue weighted by Crippen LogP contribution is 2.27. The van der Waals surface area contributed by atoms with Gasteiger partial charge in [-0.3, -0.25) is 4.90 Å². The summed E-state index contributed by atoms with van der Waals surface area (Å²) in [6, 6.07) is 5.93. The molecule has 1 aliphatic rings. The third-order valence-electron chi connectivity index (χ3n) is 3.97. The van der Waals surface area contributed by atoms with E-state index in [1.54, 1.807) is 12.1 Å². The van der Waals surface area contributed by atoms with Crippen molar-refractivity contribution in [2.75, 3.05) is 31.1 Å². The number of anilines is 1. The number of nitrogens with zero attached hydrogens (tertiary/aromatic N) is 2. The molecule has 1 saturated heterocycles. The summed E-state index contributed by atoms with van der Waals surface area (Å²) in [5.41, 5.74) is 7.67. The van der Waals surface area contributed by atoms with Crippen LogP contribution < -0.4 is 10.6 Å². The maximum atomic E-state index is 14.2. The highest BCUT2D eigenvalue weighted by molar-refractivity contribution is 5.55. The van der Waals surface area contributed by atoms with Crippen LogP contribution >= 0.6 is 0 Å². The molecule has 0 aliphatic carbocycles. The second kappa shape index (κ2) is 6.55. The van der Waals surface area contributed by atoms with Crippen molar-refractivity contribution < 1.29 is 4.39 Å². The third-order valence-corrected chi connectivity index (χ3v) is 3.97. The molecule has 1 heterocycles. The van der Waals surface area contributed by atoms with Crippen molar-refractivity contribution in [3.8, 4) is 0 Å². The molecule has 20 heavy (non-hydrogen) atoms. The number of para-hydroxylation sites is 1. The first kappa shape index (κ1) is 15.3. The van der Waals surface area contributed by atoms with Crippen molar-refractivity contribution >= 4 is 5.69 Å². The highest BCUT2D eigenvalue weighted by Gasteiger charge is 2.23. The maximum Gasteiger partial charge on any atom is 0.146 e. The Morgan fingerprint density at radius 1 is 1.15 bits per heavy atom. The molecule has 3 nitrogen and oxygen atoms in total. The van der Waals surface area contributed by atoms with E-state index < -0.39 is 0 Å². The molecular formula is C16H26FN3. The van der Waals surface area contributed by atoms with Gasteiger partial charge in [0.05, 0.1) is 5.69 Å². The number of nitrogens with two attached hydrogens (primary N) is 1. The molecule has 4 heteroatoms. The molecule has 2 N–H and O–H groups in total. The first-order valence-electron chi connectivity index (χ1n) is 7.51. The Hall–Kier alpha value is -1.13. The van der Waals surface area contributed by atoms with E-state index in [0.29, 0.717) is 6.04 Å². The van der Waals surface area contributed by atoms with Crippen molar-refractivity contribution in [1.82, 2.24) is 4.90 Å². The SMILES string of the molecule is CC(N)Cc1cccc(F)c1N1CCN(C(C)C)CC1. The molecule has 0 bridgehead atoms. The summed E-state index contributed by atoms with van der Waals surface area (Å²) in [5, 5.41) is 0. The summed E-state index contributed by atoms with van der Waals surface area (Å²) >= 11 is 0. The molecule has 0 aromatic heterocycles. The van der Waals surface area contributed by atoms with Gasteiger partial charge in [0, 0.05) is 38.3 Å². The van der Waals surface area contributed by atoms with Gasteiger partial charge in [0.25, 0.3) is 0 Å². The Morgan fingerprint density at radius 3 is 2.35 bits per heavy atom. The third kappa shape index (κ3) is 3.49. The van der Waals surface area contributed by atoms with Gasteiger partial charge < -0.3 is 10.6 Å². The van der Waals surface area contributed by atoms with Crippen molar-refractivity contribution in [2.24, 2.45) is 5.73 Å². The van der Waals surface area contributed by atoms with Gasteiger partial charge in [-0.2, -0.15) is 0 Å². The Labute approximate surface area is 121 Å². The van der Waals surface area contributed by atoms with Crippen LogP contribution in [0.15, 0.2) is 18.2 Å². The molecule has 1 unspecified atom stereocenters. The van der Waals surface area contributed by atoms with Gasteiger partial charge in [-0.25, -0.2) is 4.39 Å². The van der Waals surface area contributed by atoms with E-state index in [0.717, 1.165) is 43.9 Å². The fourth-order valence-electron chi connectivity index (χ4n) is 2.89. The van der Waals surface area contributed by atoms with E-state index in [-0.39, 0.29) is 11.9 Å². The van der Waals surface area contributed by atoms with Crippen molar-refractivity contribution in [3.63, 3.8) is 0 Å². The van der Waals surface area contributed by atoms with Gasteiger partial charge in [0.2, 0.25) is 0 Å². The highest BCUT2D eigenvalue weighted by atomic mass is 19.1. The largest absolute Gasteiger partial charge is 0.366 e. The number of hydrogen-bond donors (Lipinski definition) is 1. The molecule has 1 aliphatic heterocycles. The molecule has 1 atom stereocenters. The maximum absolute atomic E-state index is 14.2. The van der Waals surface area contributed by atoms with Gasteiger partial charge in [0.1, 0.15) is 5.82 Å². The monoisotopic (exact) mass is 279 g/mol. The summed E-state index contributed by atoms with van der Waals surface area (Å²) in [4.78, 5) is 4.61. The lowest BCUT2D eigenvalue weighted by Crippen LogP contribution is -2.49. The summed E-state index contributed by atoms with van der Waals surface area (Å²) in [6.45, 7) is 10.1. The molecule has 1 aromatic carbocycles. The summed E-state index contributed by atoms with van der Waals surface area (Å²) in [6.07, 6.45) is 0.720. The van der Waals surface area contributed by atoms with Crippen LogP contribution in [0.4, 0.5) is 10.1 Å². The van der Waals surface area contributed by atoms with Crippen LogP contribution in [0.5, 0.6) is 0 Å². The van der Waals surface area contributed by atoms with Crippen LogP contribution in [0.3, 0.4) is 0 Å². The number of benzene rings is 1. The van der Waals surface area contributed by atoms with Crippen molar-refractivity contribution in [1.29, 1.82) is 0 Å². The molecule has 0 radical (unpaired) electrons. The minimum Gasteiger partial charge on any atom is -0.366 e. The van der Waals surface area contributed by atoms with E-state index in [1.807, 2.05) is 13.0 Å². The molecule has 0 saturated carbocycles. The Bertz CT molecular complexity index is 437. The minimum absolute atomic E-state index is 0.0486. The second-order valence-electron chi connectivity index (χ2n) is 6.05. The van der Waals surface area contributed by atoms with Crippen molar-refractivity contribution in [3.05, 3.63) is 29.6 Å². The van der Waals surface area contributed by atoms with Gasteiger partial charge in [-0.1, -0.05) is 12.1 Å². The standard InChI is InChI=1S/C16H26FN3/c1-12(2)19-7-9-20(10-8-19)16-14(11-13(3)18)5-4-6-15(16)17/h4-6,12-13H,7-11,18H2,1-3H3. The summed E-state index contributed by atoms with van der Waals surface area (Å²) < 4.78 is 14.2. The van der Waals surface area contributed by atoms with Crippen LogP contribution in [0, 0.1) is 5.82 Å². The van der Waals surface area contributed by atoms with E-state index >= 15 is 0 Å². The molecule has 1 fully saturated rings. The average Bonchev–Trinajstić information content (AvgIpc) is 2.38. The van der Waals surface area contributed by atoms with E-state index in [9.17, 15) is 4.39 Å². The fourth-order valence-corrected chi connectivity index (χ4v) is 2.89. The van der Waals surface area contributed by atoms with E-state index in [1.165, 1.54) is 0 Å². The minimum atomic E-state index is -0.124.